The van der Waals surface area contributed by atoms with Gasteiger partial charge in [-0.05, 0) is 63.6 Å². The standard InChI is InChI=1S/C25H26ClN5O4/c1-15-18(26)6-5-7-19(15)29-21-17-10-16(8-9-20(17)27-14-28-21)31-13-25(35-23(31)33)11-30(12-25)22(32)34-24(2,3)4/h5-10,14H,11-13H2,1-4H3,(H,27,28,29). The van der Waals surface area contributed by atoms with Crippen LogP contribution >= 0.6 is 11.6 Å². The summed E-state index contributed by atoms with van der Waals surface area (Å²) in [5.41, 5.74) is 1.81. The summed E-state index contributed by atoms with van der Waals surface area (Å²) in [6.07, 6.45) is 0.626. The quantitative estimate of drug-likeness (QED) is 0.527. The first-order valence-electron chi connectivity index (χ1n) is 11.3. The number of ether oxygens (including phenoxy) is 2. The lowest BCUT2D eigenvalue weighted by Crippen LogP contribution is -2.66. The number of anilines is 3. The maximum atomic E-state index is 12.8. The van der Waals surface area contributed by atoms with Crippen molar-refractivity contribution in [2.45, 2.75) is 38.9 Å². The van der Waals surface area contributed by atoms with Crippen LogP contribution in [0.5, 0.6) is 0 Å². The molecule has 1 spiro atoms. The van der Waals surface area contributed by atoms with E-state index in [0.29, 0.717) is 36.2 Å². The Morgan fingerprint density at radius 1 is 1.17 bits per heavy atom. The fourth-order valence-corrected chi connectivity index (χ4v) is 4.45. The van der Waals surface area contributed by atoms with Crippen LogP contribution in [0.25, 0.3) is 10.9 Å². The lowest BCUT2D eigenvalue weighted by molar-refractivity contribution is -0.0779. The lowest BCUT2D eigenvalue weighted by Gasteiger charge is -2.45. The average Bonchev–Trinajstić information content (AvgIpc) is 3.12. The van der Waals surface area contributed by atoms with Gasteiger partial charge in [-0.15, -0.1) is 0 Å². The van der Waals surface area contributed by atoms with Gasteiger partial charge in [-0.3, -0.25) is 9.80 Å². The molecule has 10 heteroatoms. The van der Waals surface area contributed by atoms with Crippen LogP contribution in [-0.2, 0) is 9.47 Å². The molecule has 0 saturated carbocycles. The van der Waals surface area contributed by atoms with Crippen molar-refractivity contribution in [3.63, 3.8) is 0 Å². The molecule has 9 nitrogen and oxygen atoms in total. The smallest absolute Gasteiger partial charge is 0.415 e. The van der Waals surface area contributed by atoms with E-state index in [1.54, 1.807) is 9.80 Å². The van der Waals surface area contributed by atoms with Gasteiger partial charge in [-0.25, -0.2) is 19.6 Å². The Morgan fingerprint density at radius 3 is 2.69 bits per heavy atom. The van der Waals surface area contributed by atoms with E-state index in [2.05, 4.69) is 15.3 Å². The van der Waals surface area contributed by atoms with Crippen molar-refractivity contribution in [2.24, 2.45) is 0 Å². The number of likely N-dealkylation sites (tertiary alicyclic amines) is 1. The van der Waals surface area contributed by atoms with Crippen molar-refractivity contribution < 1.29 is 19.1 Å². The zero-order valence-corrected chi connectivity index (χ0v) is 20.7. The molecule has 0 unspecified atom stereocenters. The molecule has 0 bridgehead atoms. The van der Waals surface area contributed by atoms with Crippen molar-refractivity contribution in [2.75, 3.05) is 29.9 Å². The van der Waals surface area contributed by atoms with Crippen LogP contribution in [0, 0.1) is 6.92 Å². The van der Waals surface area contributed by atoms with Crippen molar-refractivity contribution in [3.8, 4) is 0 Å². The van der Waals surface area contributed by atoms with Crippen molar-refractivity contribution in [1.82, 2.24) is 14.9 Å². The number of carbonyl (C=O) groups excluding carboxylic acids is 2. The van der Waals surface area contributed by atoms with Crippen LogP contribution in [0.2, 0.25) is 5.02 Å². The van der Waals surface area contributed by atoms with E-state index in [-0.39, 0.29) is 0 Å². The largest absolute Gasteiger partial charge is 0.444 e. The van der Waals surface area contributed by atoms with Crippen LogP contribution < -0.4 is 10.2 Å². The van der Waals surface area contributed by atoms with Gasteiger partial charge in [-0.1, -0.05) is 17.7 Å². The van der Waals surface area contributed by atoms with E-state index < -0.39 is 23.4 Å². The Hall–Kier alpha value is -3.59. The van der Waals surface area contributed by atoms with E-state index in [0.717, 1.165) is 22.2 Å². The molecule has 0 atom stereocenters. The Kier molecular flexibility index (Phi) is 5.47. The van der Waals surface area contributed by atoms with Gasteiger partial charge in [-0.2, -0.15) is 0 Å². The zero-order chi connectivity index (χ0) is 25.0. The van der Waals surface area contributed by atoms with Crippen LogP contribution in [-0.4, -0.2) is 57.9 Å². The lowest BCUT2D eigenvalue weighted by atomic mass is 9.94. The third-order valence-corrected chi connectivity index (χ3v) is 6.44. The molecule has 1 aromatic heterocycles. The fourth-order valence-electron chi connectivity index (χ4n) is 4.27. The molecule has 0 aliphatic carbocycles. The third kappa shape index (κ3) is 4.43. The van der Waals surface area contributed by atoms with E-state index >= 15 is 0 Å². The number of aromatic nitrogens is 2. The highest BCUT2D eigenvalue weighted by molar-refractivity contribution is 6.31. The van der Waals surface area contributed by atoms with Gasteiger partial charge in [0.15, 0.2) is 5.60 Å². The molecule has 2 aromatic carbocycles. The molecule has 35 heavy (non-hydrogen) atoms. The van der Waals surface area contributed by atoms with Crippen LogP contribution in [0.4, 0.5) is 26.8 Å². The molecule has 2 amide bonds. The Morgan fingerprint density at radius 2 is 1.94 bits per heavy atom. The molecule has 2 aliphatic heterocycles. The summed E-state index contributed by atoms with van der Waals surface area (Å²) >= 11 is 6.27. The molecule has 2 aliphatic rings. The molecule has 2 fully saturated rings. The number of nitrogens with zero attached hydrogens (tertiary/aromatic N) is 4. The molecule has 1 N–H and O–H groups in total. The molecule has 5 rings (SSSR count). The maximum absolute atomic E-state index is 12.8. The highest BCUT2D eigenvalue weighted by Crippen LogP contribution is 2.37. The number of benzene rings is 2. The van der Waals surface area contributed by atoms with Gasteiger partial charge in [0, 0.05) is 21.8 Å². The second-order valence-electron chi connectivity index (χ2n) is 9.93. The predicted octanol–water partition coefficient (Wildman–Crippen LogP) is 5.28. The first kappa shape index (κ1) is 23.2. The highest BCUT2D eigenvalue weighted by atomic mass is 35.5. The molecule has 182 valence electrons. The third-order valence-electron chi connectivity index (χ3n) is 6.03. The van der Waals surface area contributed by atoms with Gasteiger partial charge in [0.1, 0.15) is 17.7 Å². The normalized spacial score (nSPS) is 16.9. The SMILES string of the molecule is Cc1c(Cl)cccc1Nc1ncnc2ccc(N3CC4(CN(C(=O)OC(C)(C)C)C4)OC3=O)cc12. The Balaban J connectivity index is 1.37. The van der Waals surface area contributed by atoms with E-state index in [1.165, 1.54) is 6.33 Å². The molecular formula is C25H26ClN5O4. The van der Waals surface area contributed by atoms with Gasteiger partial charge in [0.2, 0.25) is 0 Å². The summed E-state index contributed by atoms with van der Waals surface area (Å²) in [4.78, 5) is 37.0. The van der Waals surface area contributed by atoms with E-state index in [4.69, 9.17) is 21.1 Å². The fraction of sp³-hybridized carbons (Fsp3) is 0.360. The second kappa shape index (κ2) is 8.27. The Bertz CT molecular complexity index is 1330. The minimum absolute atomic E-state index is 0.293. The van der Waals surface area contributed by atoms with Gasteiger partial charge >= 0.3 is 12.2 Å². The van der Waals surface area contributed by atoms with Gasteiger partial charge in [0.25, 0.3) is 0 Å². The zero-order valence-electron chi connectivity index (χ0n) is 20.0. The summed E-state index contributed by atoms with van der Waals surface area (Å²) in [6.45, 7) is 8.30. The van der Waals surface area contributed by atoms with Crippen molar-refractivity contribution in [1.29, 1.82) is 0 Å². The van der Waals surface area contributed by atoms with E-state index in [9.17, 15) is 9.59 Å². The van der Waals surface area contributed by atoms with Crippen LogP contribution in [0.3, 0.4) is 0 Å². The Labute approximate surface area is 208 Å². The summed E-state index contributed by atoms with van der Waals surface area (Å²) in [6, 6.07) is 11.2. The number of amides is 2. The summed E-state index contributed by atoms with van der Waals surface area (Å²) in [5.74, 6) is 0.601. The monoisotopic (exact) mass is 495 g/mol. The van der Waals surface area contributed by atoms with Gasteiger partial charge in [0.05, 0.1) is 25.2 Å². The topological polar surface area (TPSA) is 96.9 Å². The second-order valence-corrected chi connectivity index (χ2v) is 10.3. The van der Waals surface area contributed by atoms with E-state index in [1.807, 2.05) is 64.1 Å². The van der Waals surface area contributed by atoms with Crippen molar-refractivity contribution >= 4 is 51.9 Å². The summed E-state index contributed by atoms with van der Waals surface area (Å²) in [7, 11) is 0. The molecule has 0 radical (unpaired) electrons. The highest BCUT2D eigenvalue weighted by Gasteiger charge is 2.56. The molecule has 3 heterocycles. The number of hydrogen-bond donors (Lipinski definition) is 1. The number of carbonyl (C=O) groups is 2. The minimum Gasteiger partial charge on any atom is -0.444 e. The first-order chi connectivity index (χ1) is 16.5. The molecule has 2 saturated heterocycles. The van der Waals surface area contributed by atoms with Crippen LogP contribution in [0.15, 0.2) is 42.7 Å². The number of halogens is 1. The van der Waals surface area contributed by atoms with Gasteiger partial charge < -0.3 is 14.8 Å². The van der Waals surface area contributed by atoms with Crippen LogP contribution in [0.1, 0.15) is 26.3 Å². The average molecular weight is 496 g/mol. The summed E-state index contributed by atoms with van der Waals surface area (Å²) in [5, 5.41) is 4.74. The maximum Gasteiger partial charge on any atom is 0.415 e. The molecular weight excluding hydrogens is 470 g/mol. The first-order valence-corrected chi connectivity index (χ1v) is 11.7. The van der Waals surface area contributed by atoms with Crippen molar-refractivity contribution in [3.05, 3.63) is 53.3 Å². The predicted molar refractivity (Wildman–Crippen MR) is 133 cm³/mol. The number of nitrogens with one attached hydrogen (secondary N) is 1. The minimum atomic E-state index is -0.741. The number of hydrogen-bond acceptors (Lipinski definition) is 7. The number of rotatable bonds is 3. The molecule has 3 aromatic rings. The summed E-state index contributed by atoms with van der Waals surface area (Å²) < 4.78 is 11.1. The number of fused-ring (bicyclic) bond motifs is 1.